The Morgan fingerprint density at radius 2 is 2.10 bits per heavy atom. The first-order valence-corrected chi connectivity index (χ1v) is 8.96. The third-order valence-electron chi connectivity index (χ3n) is 4.68. The maximum atomic E-state index is 12.5. The van der Waals surface area contributed by atoms with Crippen molar-refractivity contribution in [1.29, 1.82) is 0 Å². The fourth-order valence-corrected chi connectivity index (χ4v) is 4.63. The lowest BCUT2D eigenvalue weighted by Gasteiger charge is -2.28. The Balaban J connectivity index is 1.66. The zero-order valence-electron chi connectivity index (χ0n) is 12.9. The highest BCUT2D eigenvalue weighted by Crippen LogP contribution is 2.37. The molecule has 1 aromatic rings. The minimum Gasteiger partial charge on any atom is -0.348 e. The van der Waals surface area contributed by atoms with E-state index >= 15 is 0 Å². The number of aryl methyl sites for hydroxylation is 1. The van der Waals surface area contributed by atoms with Crippen LogP contribution in [0.25, 0.3) is 0 Å². The van der Waals surface area contributed by atoms with Gasteiger partial charge in [-0.05, 0) is 46.1 Å². The summed E-state index contributed by atoms with van der Waals surface area (Å²) in [6.45, 7) is 5.13. The van der Waals surface area contributed by atoms with E-state index in [0.29, 0.717) is 18.0 Å². The molecular formula is C16H25N3OS. The summed E-state index contributed by atoms with van der Waals surface area (Å²) in [4.78, 5) is 18.0. The van der Waals surface area contributed by atoms with Gasteiger partial charge in [0.25, 0.3) is 5.91 Å². The number of rotatable bonds is 3. The van der Waals surface area contributed by atoms with Crippen LogP contribution >= 0.6 is 11.3 Å². The van der Waals surface area contributed by atoms with Gasteiger partial charge in [0.15, 0.2) is 0 Å². The van der Waals surface area contributed by atoms with E-state index in [1.807, 2.05) is 6.92 Å². The zero-order chi connectivity index (χ0) is 14.8. The van der Waals surface area contributed by atoms with Gasteiger partial charge in [-0.15, -0.1) is 11.3 Å². The Hall–Kier alpha value is -0.940. The van der Waals surface area contributed by atoms with E-state index in [1.54, 1.807) is 11.3 Å². The van der Waals surface area contributed by atoms with Crippen LogP contribution < -0.4 is 10.6 Å². The van der Waals surface area contributed by atoms with Gasteiger partial charge in [-0.2, -0.15) is 0 Å². The maximum Gasteiger partial charge on any atom is 0.263 e. The molecule has 1 aliphatic heterocycles. The van der Waals surface area contributed by atoms with Gasteiger partial charge >= 0.3 is 0 Å². The number of hydrogen-bond donors (Lipinski definition) is 2. The van der Waals surface area contributed by atoms with Crippen molar-refractivity contribution in [1.82, 2.24) is 15.6 Å². The summed E-state index contributed by atoms with van der Waals surface area (Å²) in [5.74, 6) is 0.669. The molecule has 1 aliphatic carbocycles. The van der Waals surface area contributed by atoms with Crippen LogP contribution in [0.2, 0.25) is 0 Å². The van der Waals surface area contributed by atoms with E-state index in [1.165, 1.54) is 30.7 Å². The summed E-state index contributed by atoms with van der Waals surface area (Å²) in [6.07, 6.45) is 7.11. The van der Waals surface area contributed by atoms with Gasteiger partial charge in [-0.3, -0.25) is 4.79 Å². The van der Waals surface area contributed by atoms with Crippen LogP contribution in [0.5, 0.6) is 0 Å². The number of piperidine rings is 1. The van der Waals surface area contributed by atoms with E-state index in [2.05, 4.69) is 22.5 Å². The van der Waals surface area contributed by atoms with Crippen LogP contribution in [0.1, 0.15) is 71.7 Å². The van der Waals surface area contributed by atoms with E-state index < -0.39 is 0 Å². The van der Waals surface area contributed by atoms with Crippen LogP contribution in [0.15, 0.2) is 0 Å². The summed E-state index contributed by atoms with van der Waals surface area (Å²) >= 11 is 1.62. The van der Waals surface area contributed by atoms with Gasteiger partial charge in [0, 0.05) is 18.0 Å². The molecule has 2 aliphatic rings. The van der Waals surface area contributed by atoms with E-state index in [-0.39, 0.29) is 5.91 Å². The monoisotopic (exact) mass is 307 g/mol. The maximum absolute atomic E-state index is 12.5. The van der Waals surface area contributed by atoms with Crippen molar-refractivity contribution < 1.29 is 4.79 Å². The molecule has 3 rings (SSSR count). The van der Waals surface area contributed by atoms with Gasteiger partial charge in [0.05, 0.1) is 10.7 Å². The van der Waals surface area contributed by atoms with Crippen LogP contribution in [0.3, 0.4) is 0 Å². The van der Waals surface area contributed by atoms with Gasteiger partial charge in [0.1, 0.15) is 4.88 Å². The van der Waals surface area contributed by atoms with Gasteiger partial charge < -0.3 is 10.6 Å². The topological polar surface area (TPSA) is 54.0 Å². The molecule has 2 fully saturated rings. The largest absolute Gasteiger partial charge is 0.348 e. The number of nitrogens with one attached hydrogen (secondary N) is 2. The lowest BCUT2D eigenvalue weighted by Crippen LogP contribution is -2.46. The summed E-state index contributed by atoms with van der Waals surface area (Å²) in [6, 6.07) is 0.783. The SMILES string of the molecule is Cc1nc(C2CCCC2)sc1C(=O)NC1CCNC(C)C1. The van der Waals surface area contributed by atoms with Gasteiger partial charge in [-0.25, -0.2) is 4.98 Å². The van der Waals surface area contributed by atoms with Crippen molar-refractivity contribution in [2.24, 2.45) is 0 Å². The smallest absolute Gasteiger partial charge is 0.263 e. The van der Waals surface area contributed by atoms with Crippen molar-refractivity contribution in [3.63, 3.8) is 0 Å². The first-order chi connectivity index (χ1) is 10.1. The molecule has 5 heteroatoms. The van der Waals surface area contributed by atoms with E-state index in [9.17, 15) is 4.79 Å². The Morgan fingerprint density at radius 1 is 1.33 bits per heavy atom. The molecule has 1 saturated carbocycles. The second kappa shape index (κ2) is 6.44. The lowest BCUT2D eigenvalue weighted by atomic mass is 10.0. The molecule has 4 nitrogen and oxygen atoms in total. The molecule has 2 atom stereocenters. The van der Waals surface area contributed by atoms with Crippen molar-refractivity contribution >= 4 is 17.2 Å². The third-order valence-corrected chi connectivity index (χ3v) is 6.00. The summed E-state index contributed by atoms with van der Waals surface area (Å²) in [7, 11) is 0. The van der Waals surface area contributed by atoms with Crippen molar-refractivity contribution in [2.75, 3.05) is 6.54 Å². The lowest BCUT2D eigenvalue weighted by molar-refractivity contribution is 0.0929. The standard InChI is InChI=1S/C16H25N3OS/c1-10-9-13(7-8-17-10)19-15(20)14-11(2)18-16(21-14)12-5-3-4-6-12/h10,12-13,17H,3-9H2,1-2H3,(H,19,20). The minimum atomic E-state index is 0.0772. The Morgan fingerprint density at radius 3 is 2.81 bits per heavy atom. The molecule has 2 unspecified atom stereocenters. The van der Waals surface area contributed by atoms with Crippen LogP contribution in [-0.2, 0) is 0 Å². The van der Waals surface area contributed by atoms with Crippen molar-refractivity contribution in [3.05, 3.63) is 15.6 Å². The average molecular weight is 307 g/mol. The summed E-state index contributed by atoms with van der Waals surface area (Å²) in [5.41, 5.74) is 0.904. The fourth-order valence-electron chi connectivity index (χ4n) is 3.49. The normalized spacial score (nSPS) is 27.0. The first kappa shape index (κ1) is 15.0. The Kier molecular flexibility index (Phi) is 4.60. The van der Waals surface area contributed by atoms with Crippen LogP contribution in [0, 0.1) is 6.92 Å². The number of hydrogen-bond acceptors (Lipinski definition) is 4. The highest BCUT2D eigenvalue weighted by molar-refractivity contribution is 7.13. The number of nitrogens with zero attached hydrogens (tertiary/aromatic N) is 1. The number of thiazole rings is 1. The molecular weight excluding hydrogens is 282 g/mol. The second-order valence-corrected chi connectivity index (χ2v) is 7.53. The number of amides is 1. The van der Waals surface area contributed by atoms with Crippen LogP contribution in [-0.4, -0.2) is 29.5 Å². The predicted molar refractivity (Wildman–Crippen MR) is 86.0 cm³/mol. The van der Waals surface area contributed by atoms with Crippen LogP contribution in [0.4, 0.5) is 0 Å². The van der Waals surface area contributed by atoms with Gasteiger partial charge in [0.2, 0.25) is 0 Å². The molecule has 0 bridgehead atoms. The molecule has 1 amide bonds. The van der Waals surface area contributed by atoms with Crippen molar-refractivity contribution in [3.8, 4) is 0 Å². The molecule has 0 spiro atoms. The summed E-state index contributed by atoms with van der Waals surface area (Å²) < 4.78 is 0. The second-order valence-electron chi connectivity index (χ2n) is 6.50. The molecule has 2 heterocycles. The Labute approximate surface area is 130 Å². The average Bonchev–Trinajstić information content (AvgIpc) is 3.07. The molecule has 1 saturated heterocycles. The summed E-state index contributed by atoms with van der Waals surface area (Å²) in [5, 5.41) is 7.79. The predicted octanol–water partition coefficient (Wildman–Crippen LogP) is 2.98. The molecule has 0 radical (unpaired) electrons. The molecule has 0 aromatic carbocycles. The quantitative estimate of drug-likeness (QED) is 0.902. The number of aromatic nitrogens is 1. The zero-order valence-corrected chi connectivity index (χ0v) is 13.8. The molecule has 1 aromatic heterocycles. The Bertz CT molecular complexity index is 508. The molecule has 116 valence electrons. The van der Waals surface area contributed by atoms with Gasteiger partial charge in [-0.1, -0.05) is 12.8 Å². The van der Waals surface area contributed by atoms with E-state index in [0.717, 1.165) is 30.0 Å². The third kappa shape index (κ3) is 3.46. The molecule has 2 N–H and O–H groups in total. The van der Waals surface area contributed by atoms with E-state index in [4.69, 9.17) is 0 Å². The minimum absolute atomic E-state index is 0.0772. The molecule has 21 heavy (non-hydrogen) atoms. The number of carbonyl (C=O) groups is 1. The first-order valence-electron chi connectivity index (χ1n) is 8.15. The van der Waals surface area contributed by atoms with Crippen molar-refractivity contribution in [2.45, 2.75) is 70.4 Å². The fraction of sp³-hybridized carbons (Fsp3) is 0.750. The number of carbonyl (C=O) groups excluding carboxylic acids is 1. The highest BCUT2D eigenvalue weighted by Gasteiger charge is 2.26. The highest BCUT2D eigenvalue weighted by atomic mass is 32.1.